The number of hydrogen-bond donors (Lipinski definition) is 1. The van der Waals surface area contributed by atoms with E-state index < -0.39 is 0 Å². The minimum absolute atomic E-state index is 0.581. The highest BCUT2D eigenvalue weighted by atomic mass is 15.2. The third kappa shape index (κ3) is 3.42. The Kier molecular flexibility index (Phi) is 4.42. The van der Waals surface area contributed by atoms with Gasteiger partial charge in [-0.2, -0.15) is 0 Å². The van der Waals surface area contributed by atoms with E-state index in [9.17, 15) is 0 Å². The van der Waals surface area contributed by atoms with Crippen molar-refractivity contribution in [3.63, 3.8) is 0 Å². The topological polar surface area (TPSA) is 15.3 Å². The minimum atomic E-state index is 0.581. The second-order valence-electron chi connectivity index (χ2n) is 6.62. The fourth-order valence-electron chi connectivity index (χ4n) is 3.44. The summed E-state index contributed by atoms with van der Waals surface area (Å²) in [7, 11) is 0. The van der Waals surface area contributed by atoms with Crippen LogP contribution in [-0.4, -0.2) is 30.6 Å². The highest BCUT2D eigenvalue weighted by Gasteiger charge is 2.34. The first-order valence-electron chi connectivity index (χ1n) is 8.31. The Bertz CT molecular complexity index is 422. The van der Waals surface area contributed by atoms with Crippen molar-refractivity contribution in [3.8, 4) is 0 Å². The monoisotopic (exact) mass is 272 g/mol. The van der Waals surface area contributed by atoms with Gasteiger partial charge in [-0.05, 0) is 57.2 Å². The number of likely N-dealkylation sites (N-methyl/N-ethyl adjacent to an activating group) is 1. The molecule has 1 saturated carbocycles. The molecule has 1 heterocycles. The number of hydrogen-bond acceptors (Lipinski definition) is 2. The van der Waals surface area contributed by atoms with E-state index in [1.165, 1.54) is 56.4 Å². The normalized spacial score (nSPS) is 25.6. The number of nitrogens with zero attached hydrogens (tertiary/aromatic N) is 1. The Morgan fingerprint density at radius 3 is 2.60 bits per heavy atom. The minimum Gasteiger partial charge on any atom is -0.306 e. The van der Waals surface area contributed by atoms with Crippen molar-refractivity contribution in [1.29, 1.82) is 0 Å². The van der Waals surface area contributed by atoms with Gasteiger partial charge >= 0.3 is 0 Å². The van der Waals surface area contributed by atoms with E-state index in [-0.39, 0.29) is 0 Å². The largest absolute Gasteiger partial charge is 0.306 e. The van der Waals surface area contributed by atoms with Crippen LogP contribution in [0.1, 0.15) is 49.8 Å². The molecule has 0 bridgehead atoms. The highest BCUT2D eigenvalue weighted by molar-refractivity contribution is 5.25. The first-order valence-corrected chi connectivity index (χ1v) is 8.31. The first kappa shape index (κ1) is 14.1. The number of aryl methyl sites for hydroxylation is 1. The van der Waals surface area contributed by atoms with Gasteiger partial charge < -0.3 is 10.2 Å². The lowest BCUT2D eigenvalue weighted by molar-refractivity contribution is 0.187. The van der Waals surface area contributed by atoms with Gasteiger partial charge in [-0.15, -0.1) is 0 Å². The van der Waals surface area contributed by atoms with Gasteiger partial charge in [0.2, 0.25) is 0 Å². The van der Waals surface area contributed by atoms with Crippen LogP contribution in [0.5, 0.6) is 0 Å². The molecular formula is C18H28N2. The molecule has 20 heavy (non-hydrogen) atoms. The second kappa shape index (κ2) is 6.28. The van der Waals surface area contributed by atoms with Crippen molar-refractivity contribution >= 4 is 0 Å². The SMILES string of the molecule is CCN1CCCC(NC(c2ccc(C)cc2)C2CC2)C1. The number of rotatable bonds is 5. The molecule has 1 aliphatic carbocycles. The zero-order valence-corrected chi connectivity index (χ0v) is 12.9. The second-order valence-corrected chi connectivity index (χ2v) is 6.62. The van der Waals surface area contributed by atoms with Crippen molar-refractivity contribution < 1.29 is 0 Å². The average molecular weight is 272 g/mol. The maximum atomic E-state index is 3.98. The number of nitrogens with one attached hydrogen (secondary N) is 1. The zero-order valence-electron chi connectivity index (χ0n) is 12.9. The Morgan fingerprint density at radius 1 is 1.20 bits per heavy atom. The predicted octanol–water partition coefficient (Wildman–Crippen LogP) is 3.52. The van der Waals surface area contributed by atoms with Gasteiger partial charge in [0.05, 0.1) is 0 Å². The van der Waals surface area contributed by atoms with Crippen LogP contribution >= 0.6 is 0 Å². The fourth-order valence-corrected chi connectivity index (χ4v) is 3.44. The van der Waals surface area contributed by atoms with Gasteiger partial charge in [0.1, 0.15) is 0 Å². The van der Waals surface area contributed by atoms with Crippen LogP contribution in [0.3, 0.4) is 0 Å². The van der Waals surface area contributed by atoms with Crippen molar-refractivity contribution in [2.75, 3.05) is 19.6 Å². The maximum absolute atomic E-state index is 3.98. The molecule has 0 amide bonds. The summed E-state index contributed by atoms with van der Waals surface area (Å²) in [5, 5.41) is 3.98. The summed E-state index contributed by atoms with van der Waals surface area (Å²) in [6.07, 6.45) is 5.48. The molecule has 2 unspecified atom stereocenters. The summed E-state index contributed by atoms with van der Waals surface area (Å²) < 4.78 is 0. The van der Waals surface area contributed by atoms with Crippen LogP contribution in [0.15, 0.2) is 24.3 Å². The Morgan fingerprint density at radius 2 is 1.95 bits per heavy atom. The molecule has 1 N–H and O–H groups in total. The van der Waals surface area contributed by atoms with Crippen molar-refractivity contribution in [3.05, 3.63) is 35.4 Å². The van der Waals surface area contributed by atoms with E-state index in [2.05, 4.69) is 48.3 Å². The smallest absolute Gasteiger partial charge is 0.0351 e. The lowest BCUT2D eigenvalue weighted by atomic mass is 9.97. The summed E-state index contributed by atoms with van der Waals surface area (Å²) >= 11 is 0. The highest BCUT2D eigenvalue weighted by Crippen LogP contribution is 2.41. The molecule has 2 aliphatic rings. The van der Waals surface area contributed by atoms with E-state index in [0.29, 0.717) is 12.1 Å². The Labute approximate surface area is 123 Å². The standard InChI is InChI=1S/C18H28N2/c1-3-20-12-4-5-17(13-20)19-18(16-10-11-16)15-8-6-14(2)7-9-15/h6-9,16-19H,3-5,10-13H2,1-2H3. The average Bonchev–Trinajstić information content (AvgIpc) is 3.31. The van der Waals surface area contributed by atoms with Crippen LogP contribution in [0.2, 0.25) is 0 Å². The Hall–Kier alpha value is -0.860. The van der Waals surface area contributed by atoms with Gasteiger partial charge in [0, 0.05) is 18.6 Å². The molecule has 2 nitrogen and oxygen atoms in total. The third-order valence-corrected chi connectivity index (χ3v) is 4.90. The third-order valence-electron chi connectivity index (χ3n) is 4.90. The fraction of sp³-hybridized carbons (Fsp3) is 0.667. The molecule has 2 atom stereocenters. The van der Waals surface area contributed by atoms with Gasteiger partial charge in [-0.25, -0.2) is 0 Å². The van der Waals surface area contributed by atoms with Crippen molar-refractivity contribution in [2.45, 2.75) is 51.6 Å². The quantitative estimate of drug-likeness (QED) is 0.882. The molecule has 1 aromatic rings. The molecule has 1 aliphatic heterocycles. The van der Waals surface area contributed by atoms with Crippen LogP contribution in [0.25, 0.3) is 0 Å². The van der Waals surface area contributed by atoms with E-state index >= 15 is 0 Å². The lowest BCUT2D eigenvalue weighted by Gasteiger charge is -2.35. The number of likely N-dealkylation sites (tertiary alicyclic amines) is 1. The molecule has 3 rings (SSSR count). The molecule has 110 valence electrons. The molecule has 0 aromatic heterocycles. The molecule has 1 saturated heterocycles. The summed E-state index contributed by atoms with van der Waals surface area (Å²) in [6, 6.07) is 10.4. The molecule has 1 aromatic carbocycles. The van der Waals surface area contributed by atoms with Crippen LogP contribution in [-0.2, 0) is 0 Å². The van der Waals surface area contributed by atoms with Gasteiger partial charge in [-0.3, -0.25) is 0 Å². The van der Waals surface area contributed by atoms with E-state index in [0.717, 1.165) is 5.92 Å². The van der Waals surface area contributed by atoms with Crippen molar-refractivity contribution in [2.24, 2.45) is 5.92 Å². The van der Waals surface area contributed by atoms with Crippen LogP contribution in [0, 0.1) is 12.8 Å². The lowest BCUT2D eigenvalue weighted by Crippen LogP contribution is -2.47. The van der Waals surface area contributed by atoms with E-state index in [4.69, 9.17) is 0 Å². The molecule has 2 fully saturated rings. The maximum Gasteiger partial charge on any atom is 0.0351 e. The molecule has 2 heteroatoms. The molecular weight excluding hydrogens is 244 g/mol. The van der Waals surface area contributed by atoms with Crippen LogP contribution in [0.4, 0.5) is 0 Å². The van der Waals surface area contributed by atoms with E-state index in [1.807, 2.05) is 0 Å². The number of piperidine rings is 1. The zero-order chi connectivity index (χ0) is 13.9. The van der Waals surface area contributed by atoms with Crippen LogP contribution < -0.4 is 5.32 Å². The van der Waals surface area contributed by atoms with Gasteiger partial charge in [0.25, 0.3) is 0 Å². The Balaban J connectivity index is 1.67. The first-order chi connectivity index (χ1) is 9.76. The summed E-state index contributed by atoms with van der Waals surface area (Å²) in [4.78, 5) is 2.58. The number of benzene rings is 1. The van der Waals surface area contributed by atoms with Gasteiger partial charge in [0.15, 0.2) is 0 Å². The summed E-state index contributed by atoms with van der Waals surface area (Å²) in [6.45, 7) is 8.15. The van der Waals surface area contributed by atoms with E-state index in [1.54, 1.807) is 0 Å². The van der Waals surface area contributed by atoms with Crippen molar-refractivity contribution in [1.82, 2.24) is 10.2 Å². The predicted molar refractivity (Wildman–Crippen MR) is 84.9 cm³/mol. The summed E-state index contributed by atoms with van der Waals surface area (Å²) in [5.41, 5.74) is 2.85. The summed E-state index contributed by atoms with van der Waals surface area (Å²) in [5.74, 6) is 0.870. The molecule has 0 spiro atoms. The molecule has 0 radical (unpaired) electrons. The van der Waals surface area contributed by atoms with Gasteiger partial charge in [-0.1, -0.05) is 36.8 Å².